The van der Waals surface area contributed by atoms with Gasteiger partial charge in [-0.25, -0.2) is 0 Å². The Morgan fingerprint density at radius 2 is 1.96 bits per heavy atom. The van der Waals surface area contributed by atoms with Crippen molar-refractivity contribution < 1.29 is 4.79 Å². The van der Waals surface area contributed by atoms with Gasteiger partial charge in [-0.1, -0.05) is 11.6 Å². The average Bonchev–Trinajstić information content (AvgIpc) is 2.89. The van der Waals surface area contributed by atoms with Gasteiger partial charge in [0.2, 0.25) is 0 Å². The molecule has 27 heavy (non-hydrogen) atoms. The fourth-order valence-electron chi connectivity index (χ4n) is 3.81. The van der Waals surface area contributed by atoms with Gasteiger partial charge in [0.05, 0.1) is 16.4 Å². The van der Waals surface area contributed by atoms with E-state index in [1.165, 1.54) is 24.8 Å². The second kappa shape index (κ2) is 8.34. The van der Waals surface area contributed by atoms with E-state index in [4.69, 9.17) is 11.6 Å². The first-order valence-corrected chi connectivity index (χ1v) is 10.1. The average molecular weight is 389 g/mol. The van der Waals surface area contributed by atoms with E-state index in [2.05, 4.69) is 22.2 Å². The van der Waals surface area contributed by atoms with Crippen molar-refractivity contribution in [2.45, 2.75) is 52.5 Å². The van der Waals surface area contributed by atoms with Gasteiger partial charge in [-0.15, -0.1) is 0 Å². The highest BCUT2D eigenvalue weighted by Crippen LogP contribution is 2.29. The van der Waals surface area contributed by atoms with E-state index < -0.39 is 0 Å². The Hall–Kier alpha value is -2.01. The quantitative estimate of drug-likeness (QED) is 0.840. The first-order valence-electron chi connectivity index (χ1n) is 9.71. The zero-order valence-corrected chi connectivity index (χ0v) is 17.4. The summed E-state index contributed by atoms with van der Waals surface area (Å²) in [5, 5.41) is 8.29. The normalized spacial score (nSPS) is 15.7. The number of benzene rings is 1. The molecule has 0 saturated carbocycles. The van der Waals surface area contributed by atoms with Crippen LogP contribution in [0.4, 0.5) is 5.69 Å². The second-order valence-electron chi connectivity index (χ2n) is 7.57. The Kier molecular flexibility index (Phi) is 6.10. The van der Waals surface area contributed by atoms with Gasteiger partial charge < -0.3 is 10.2 Å². The van der Waals surface area contributed by atoms with Crippen molar-refractivity contribution in [3.63, 3.8) is 0 Å². The van der Waals surface area contributed by atoms with Crippen LogP contribution in [0.2, 0.25) is 5.02 Å². The van der Waals surface area contributed by atoms with Crippen LogP contribution in [0.1, 0.15) is 53.5 Å². The predicted molar refractivity (Wildman–Crippen MR) is 111 cm³/mol. The number of carbonyl (C=O) groups is 1. The number of carbonyl (C=O) groups excluding carboxylic acids is 1. The molecule has 1 aromatic heterocycles. The molecule has 0 aliphatic carbocycles. The molecule has 1 aliphatic rings. The van der Waals surface area contributed by atoms with Gasteiger partial charge in [0.15, 0.2) is 0 Å². The lowest BCUT2D eigenvalue weighted by atomic mass is 10.0. The third kappa shape index (κ3) is 4.46. The lowest BCUT2D eigenvalue weighted by molar-refractivity contribution is 0.0940. The maximum atomic E-state index is 12.8. The van der Waals surface area contributed by atoms with Crippen molar-refractivity contribution in [2.24, 2.45) is 7.05 Å². The van der Waals surface area contributed by atoms with Crippen LogP contribution < -0.4 is 10.2 Å². The fourth-order valence-corrected chi connectivity index (χ4v) is 4.05. The third-order valence-corrected chi connectivity index (χ3v) is 5.77. The number of rotatable bonds is 5. The SMILES string of the molecule is Cc1nn(C)c(C)c1C[C@H](C)NC(=O)c1ccc(Cl)c(N2CCCCC2)c1. The van der Waals surface area contributed by atoms with Gasteiger partial charge in [-0.3, -0.25) is 9.48 Å². The zero-order valence-electron chi connectivity index (χ0n) is 16.7. The number of hydrogen-bond acceptors (Lipinski definition) is 3. The summed E-state index contributed by atoms with van der Waals surface area (Å²) in [6.45, 7) is 8.11. The lowest BCUT2D eigenvalue weighted by Gasteiger charge is -2.30. The molecule has 2 aromatic rings. The molecule has 0 spiro atoms. The molecule has 1 saturated heterocycles. The summed E-state index contributed by atoms with van der Waals surface area (Å²) < 4.78 is 1.89. The Morgan fingerprint density at radius 1 is 1.26 bits per heavy atom. The van der Waals surface area contributed by atoms with Crippen LogP contribution in [0.25, 0.3) is 0 Å². The third-order valence-electron chi connectivity index (χ3n) is 5.45. The Labute approximate surface area is 166 Å². The maximum absolute atomic E-state index is 12.8. The molecular weight excluding hydrogens is 360 g/mol. The topological polar surface area (TPSA) is 50.2 Å². The zero-order chi connectivity index (χ0) is 19.6. The molecule has 1 fully saturated rings. The van der Waals surface area contributed by atoms with E-state index in [1.54, 1.807) is 6.07 Å². The minimum atomic E-state index is -0.0587. The highest BCUT2D eigenvalue weighted by molar-refractivity contribution is 6.33. The molecule has 1 atom stereocenters. The monoisotopic (exact) mass is 388 g/mol. The molecule has 1 N–H and O–H groups in total. The van der Waals surface area contributed by atoms with Gasteiger partial charge in [-0.2, -0.15) is 5.10 Å². The minimum Gasteiger partial charge on any atom is -0.370 e. The number of nitrogens with zero attached hydrogens (tertiary/aromatic N) is 3. The van der Waals surface area contributed by atoms with Gasteiger partial charge in [-0.05, 0) is 70.2 Å². The minimum absolute atomic E-state index is 0.0215. The molecule has 6 heteroatoms. The van der Waals surface area contributed by atoms with Crippen LogP contribution in [0, 0.1) is 13.8 Å². The lowest BCUT2D eigenvalue weighted by Crippen LogP contribution is -2.35. The number of aromatic nitrogens is 2. The van der Waals surface area contributed by atoms with E-state index in [0.717, 1.165) is 36.6 Å². The molecule has 0 radical (unpaired) electrons. The highest BCUT2D eigenvalue weighted by atomic mass is 35.5. The van der Waals surface area contributed by atoms with Crippen LogP contribution in [0.3, 0.4) is 0 Å². The van der Waals surface area contributed by atoms with Crippen LogP contribution >= 0.6 is 11.6 Å². The summed E-state index contributed by atoms with van der Waals surface area (Å²) in [5.74, 6) is -0.0587. The predicted octanol–water partition coefficient (Wildman–Crippen LogP) is 4.04. The fraction of sp³-hybridized carbons (Fsp3) is 0.524. The van der Waals surface area contributed by atoms with Gasteiger partial charge in [0.25, 0.3) is 5.91 Å². The highest BCUT2D eigenvalue weighted by Gasteiger charge is 2.18. The molecule has 2 heterocycles. The van der Waals surface area contributed by atoms with Gasteiger partial charge in [0.1, 0.15) is 0 Å². The summed E-state index contributed by atoms with van der Waals surface area (Å²) in [6, 6.07) is 5.59. The summed E-state index contributed by atoms with van der Waals surface area (Å²) in [4.78, 5) is 15.1. The van der Waals surface area contributed by atoms with Crippen LogP contribution in [0.5, 0.6) is 0 Å². The van der Waals surface area contributed by atoms with Crippen molar-refractivity contribution in [1.82, 2.24) is 15.1 Å². The van der Waals surface area contributed by atoms with Crippen molar-refractivity contribution in [1.29, 1.82) is 0 Å². The first-order chi connectivity index (χ1) is 12.9. The molecule has 1 amide bonds. The van der Waals surface area contributed by atoms with Crippen LogP contribution in [0.15, 0.2) is 18.2 Å². The Balaban J connectivity index is 1.70. The molecule has 5 nitrogen and oxygen atoms in total. The second-order valence-corrected chi connectivity index (χ2v) is 7.97. The summed E-state index contributed by atoms with van der Waals surface area (Å²) in [6.07, 6.45) is 4.38. The van der Waals surface area contributed by atoms with Crippen LogP contribution in [-0.4, -0.2) is 34.8 Å². The van der Waals surface area contributed by atoms with Crippen molar-refractivity contribution in [2.75, 3.05) is 18.0 Å². The van der Waals surface area contributed by atoms with Crippen LogP contribution in [-0.2, 0) is 13.5 Å². The number of anilines is 1. The van der Waals surface area contributed by atoms with Gasteiger partial charge in [0, 0.05) is 37.4 Å². The Morgan fingerprint density at radius 3 is 2.59 bits per heavy atom. The van der Waals surface area contributed by atoms with E-state index >= 15 is 0 Å². The smallest absolute Gasteiger partial charge is 0.251 e. The number of nitrogens with one attached hydrogen (secondary N) is 1. The van der Waals surface area contributed by atoms with Crippen molar-refractivity contribution in [3.8, 4) is 0 Å². The number of aryl methyl sites for hydroxylation is 2. The molecule has 0 unspecified atom stereocenters. The van der Waals surface area contributed by atoms with Crippen molar-refractivity contribution >= 4 is 23.2 Å². The number of hydrogen-bond donors (Lipinski definition) is 1. The molecule has 3 rings (SSSR count). The van der Waals surface area contributed by atoms with E-state index in [-0.39, 0.29) is 11.9 Å². The standard InChI is InChI=1S/C21H29ClN4O/c1-14(12-18-15(2)24-25(4)16(18)3)23-21(27)17-8-9-19(22)20(13-17)26-10-6-5-7-11-26/h8-9,13-14H,5-7,10-12H2,1-4H3,(H,23,27)/t14-/m0/s1. The first kappa shape index (κ1) is 19.7. The largest absolute Gasteiger partial charge is 0.370 e. The summed E-state index contributed by atoms with van der Waals surface area (Å²) in [7, 11) is 1.95. The van der Waals surface area contributed by atoms with E-state index in [1.807, 2.05) is 37.7 Å². The molecule has 1 aliphatic heterocycles. The van der Waals surface area contributed by atoms with E-state index in [0.29, 0.717) is 10.6 Å². The molecular formula is C21H29ClN4O. The Bertz CT molecular complexity index is 824. The maximum Gasteiger partial charge on any atom is 0.251 e. The number of piperidine rings is 1. The summed E-state index contributed by atoms with van der Waals surface area (Å²) in [5.41, 5.74) is 5.00. The number of amides is 1. The van der Waals surface area contributed by atoms with Gasteiger partial charge >= 0.3 is 0 Å². The molecule has 1 aromatic carbocycles. The number of halogens is 1. The summed E-state index contributed by atoms with van der Waals surface area (Å²) >= 11 is 6.40. The van der Waals surface area contributed by atoms with Crippen molar-refractivity contribution in [3.05, 3.63) is 45.7 Å². The molecule has 0 bridgehead atoms. The van der Waals surface area contributed by atoms with E-state index in [9.17, 15) is 4.79 Å². The molecule has 146 valence electrons.